The maximum Gasteiger partial charge on any atom is 0.170 e. The van der Waals surface area contributed by atoms with Gasteiger partial charge in [0.1, 0.15) is 0 Å². The van der Waals surface area contributed by atoms with Crippen molar-refractivity contribution in [2.24, 2.45) is 10.9 Å². The molecule has 0 unspecified atom stereocenters. The summed E-state index contributed by atoms with van der Waals surface area (Å²) in [6.07, 6.45) is 0. The summed E-state index contributed by atoms with van der Waals surface area (Å²) in [5.74, 6) is 0.0462. The minimum absolute atomic E-state index is 0.0462. The van der Waals surface area contributed by atoms with Crippen LogP contribution in [0, 0.1) is 6.92 Å². The molecule has 2 rings (SSSR count). The van der Waals surface area contributed by atoms with Gasteiger partial charge in [-0.15, -0.1) is 0 Å². The molecule has 0 aromatic heterocycles. The molecule has 0 aliphatic rings. The molecule has 0 spiro atoms. The van der Waals surface area contributed by atoms with Crippen LogP contribution in [0.2, 0.25) is 5.02 Å². The maximum absolute atomic E-state index is 8.63. The standard InChI is InChI=1S/C15H16ClN3O/c1-10-2-6-13(7-3-10)18-9-12-5-4-11(8-14(12)16)15(17)19-20/h2-8,18,20H,9H2,1H3,(H2,17,19). The number of nitrogens with zero attached hydrogens (tertiary/aromatic N) is 1. The van der Waals surface area contributed by atoms with Gasteiger partial charge < -0.3 is 16.3 Å². The van der Waals surface area contributed by atoms with Gasteiger partial charge in [0, 0.05) is 22.8 Å². The first-order chi connectivity index (χ1) is 9.60. The van der Waals surface area contributed by atoms with Gasteiger partial charge in [-0.2, -0.15) is 0 Å². The number of oxime groups is 1. The van der Waals surface area contributed by atoms with E-state index in [1.165, 1.54) is 5.56 Å². The largest absolute Gasteiger partial charge is 0.409 e. The third kappa shape index (κ3) is 3.42. The fraction of sp³-hybridized carbons (Fsp3) is 0.133. The summed E-state index contributed by atoms with van der Waals surface area (Å²) < 4.78 is 0. The van der Waals surface area contributed by atoms with Crippen molar-refractivity contribution >= 4 is 23.1 Å². The number of amidine groups is 1. The van der Waals surface area contributed by atoms with E-state index >= 15 is 0 Å². The lowest BCUT2D eigenvalue weighted by Gasteiger charge is -2.09. The SMILES string of the molecule is Cc1ccc(NCc2ccc(/C(N)=N/O)cc2Cl)cc1. The highest BCUT2D eigenvalue weighted by Gasteiger charge is 2.05. The third-order valence-corrected chi connectivity index (χ3v) is 3.34. The smallest absolute Gasteiger partial charge is 0.170 e. The monoisotopic (exact) mass is 289 g/mol. The predicted octanol–water partition coefficient (Wildman–Crippen LogP) is 3.36. The van der Waals surface area contributed by atoms with Crippen LogP contribution in [0.25, 0.3) is 0 Å². The molecule has 2 aromatic rings. The molecule has 2 aromatic carbocycles. The minimum atomic E-state index is 0.0462. The molecule has 0 fully saturated rings. The predicted molar refractivity (Wildman–Crippen MR) is 82.5 cm³/mol. The number of nitrogens with two attached hydrogens (primary N) is 1. The van der Waals surface area contributed by atoms with E-state index in [1.54, 1.807) is 12.1 Å². The third-order valence-electron chi connectivity index (χ3n) is 2.99. The van der Waals surface area contributed by atoms with Crippen molar-refractivity contribution < 1.29 is 5.21 Å². The number of anilines is 1. The van der Waals surface area contributed by atoms with Gasteiger partial charge in [0.25, 0.3) is 0 Å². The first-order valence-electron chi connectivity index (χ1n) is 6.17. The highest BCUT2D eigenvalue weighted by Crippen LogP contribution is 2.19. The summed E-state index contributed by atoms with van der Waals surface area (Å²) in [4.78, 5) is 0. The van der Waals surface area contributed by atoms with Crippen LogP contribution in [0.15, 0.2) is 47.6 Å². The van der Waals surface area contributed by atoms with Gasteiger partial charge in [-0.3, -0.25) is 0 Å². The molecule has 4 nitrogen and oxygen atoms in total. The second-order valence-electron chi connectivity index (χ2n) is 4.51. The molecule has 0 bridgehead atoms. The number of hydrogen-bond acceptors (Lipinski definition) is 3. The number of hydrogen-bond donors (Lipinski definition) is 3. The van der Waals surface area contributed by atoms with E-state index in [2.05, 4.69) is 10.5 Å². The molecule has 0 aliphatic heterocycles. The summed E-state index contributed by atoms with van der Waals surface area (Å²) >= 11 is 6.19. The lowest BCUT2D eigenvalue weighted by molar-refractivity contribution is 0.318. The van der Waals surface area contributed by atoms with Crippen molar-refractivity contribution in [2.45, 2.75) is 13.5 Å². The summed E-state index contributed by atoms with van der Waals surface area (Å²) in [6.45, 7) is 2.66. The Morgan fingerprint density at radius 2 is 1.95 bits per heavy atom. The van der Waals surface area contributed by atoms with Crippen molar-refractivity contribution in [1.82, 2.24) is 0 Å². The quantitative estimate of drug-likeness (QED) is 0.350. The van der Waals surface area contributed by atoms with Crippen LogP contribution < -0.4 is 11.1 Å². The summed E-state index contributed by atoms with van der Waals surface area (Å²) in [6, 6.07) is 13.5. The van der Waals surface area contributed by atoms with Crippen LogP contribution in [-0.4, -0.2) is 11.0 Å². The second-order valence-corrected chi connectivity index (χ2v) is 4.92. The highest BCUT2D eigenvalue weighted by molar-refractivity contribution is 6.31. The van der Waals surface area contributed by atoms with Crippen molar-refractivity contribution in [1.29, 1.82) is 0 Å². The maximum atomic E-state index is 8.63. The summed E-state index contributed by atoms with van der Waals surface area (Å²) in [5, 5.41) is 15.5. The number of nitrogens with one attached hydrogen (secondary N) is 1. The van der Waals surface area contributed by atoms with Crippen LogP contribution >= 0.6 is 11.6 Å². The fourth-order valence-electron chi connectivity index (χ4n) is 1.78. The van der Waals surface area contributed by atoms with Crippen LogP contribution in [0.1, 0.15) is 16.7 Å². The number of aryl methyl sites for hydroxylation is 1. The summed E-state index contributed by atoms with van der Waals surface area (Å²) in [5.41, 5.74) is 9.31. The average Bonchev–Trinajstić information content (AvgIpc) is 2.46. The molecule has 0 saturated heterocycles. The summed E-state index contributed by atoms with van der Waals surface area (Å²) in [7, 11) is 0. The van der Waals surface area contributed by atoms with Crippen molar-refractivity contribution in [2.75, 3.05) is 5.32 Å². The molecule has 0 atom stereocenters. The molecule has 5 heteroatoms. The Morgan fingerprint density at radius 1 is 1.25 bits per heavy atom. The molecule has 20 heavy (non-hydrogen) atoms. The van der Waals surface area contributed by atoms with E-state index in [0.717, 1.165) is 11.3 Å². The van der Waals surface area contributed by atoms with E-state index in [4.69, 9.17) is 22.5 Å². The Morgan fingerprint density at radius 3 is 2.55 bits per heavy atom. The Bertz CT molecular complexity index is 624. The molecule has 0 saturated carbocycles. The Kier molecular flexibility index (Phi) is 4.48. The minimum Gasteiger partial charge on any atom is -0.409 e. The fourth-order valence-corrected chi connectivity index (χ4v) is 2.02. The van der Waals surface area contributed by atoms with Crippen LogP contribution in [0.4, 0.5) is 5.69 Å². The van der Waals surface area contributed by atoms with Crippen molar-refractivity contribution in [3.8, 4) is 0 Å². The Hall–Kier alpha value is -2.20. The van der Waals surface area contributed by atoms with Gasteiger partial charge in [-0.1, -0.05) is 46.6 Å². The Balaban J connectivity index is 2.08. The van der Waals surface area contributed by atoms with Gasteiger partial charge in [0.15, 0.2) is 5.84 Å². The van der Waals surface area contributed by atoms with Crippen LogP contribution in [-0.2, 0) is 6.54 Å². The van der Waals surface area contributed by atoms with Gasteiger partial charge in [0.05, 0.1) is 0 Å². The first-order valence-corrected chi connectivity index (χ1v) is 6.55. The van der Waals surface area contributed by atoms with E-state index < -0.39 is 0 Å². The number of benzene rings is 2. The molecule has 4 N–H and O–H groups in total. The van der Waals surface area contributed by atoms with E-state index in [1.807, 2.05) is 37.3 Å². The van der Waals surface area contributed by atoms with E-state index in [-0.39, 0.29) is 5.84 Å². The molecule has 0 heterocycles. The zero-order valence-corrected chi connectivity index (χ0v) is 11.9. The van der Waals surface area contributed by atoms with Gasteiger partial charge in [-0.05, 0) is 30.7 Å². The lowest BCUT2D eigenvalue weighted by atomic mass is 10.1. The molecule has 104 valence electrons. The van der Waals surface area contributed by atoms with Crippen molar-refractivity contribution in [3.05, 3.63) is 64.2 Å². The van der Waals surface area contributed by atoms with Crippen molar-refractivity contribution in [3.63, 3.8) is 0 Å². The van der Waals surface area contributed by atoms with Gasteiger partial charge >= 0.3 is 0 Å². The molecule has 0 radical (unpaired) electrons. The van der Waals surface area contributed by atoms with Gasteiger partial charge in [-0.25, -0.2) is 0 Å². The zero-order chi connectivity index (χ0) is 14.5. The molecule has 0 amide bonds. The van der Waals surface area contributed by atoms with E-state index in [9.17, 15) is 0 Å². The van der Waals surface area contributed by atoms with Gasteiger partial charge in [0.2, 0.25) is 0 Å². The molecular weight excluding hydrogens is 274 g/mol. The highest BCUT2D eigenvalue weighted by atomic mass is 35.5. The van der Waals surface area contributed by atoms with Crippen LogP contribution in [0.3, 0.4) is 0 Å². The second kappa shape index (κ2) is 6.30. The lowest BCUT2D eigenvalue weighted by Crippen LogP contribution is -2.13. The topological polar surface area (TPSA) is 70.6 Å². The zero-order valence-electron chi connectivity index (χ0n) is 11.1. The van der Waals surface area contributed by atoms with Crippen LogP contribution in [0.5, 0.6) is 0 Å². The normalized spacial score (nSPS) is 11.4. The number of rotatable bonds is 4. The first kappa shape index (κ1) is 14.2. The van der Waals surface area contributed by atoms with E-state index in [0.29, 0.717) is 17.1 Å². The molecule has 0 aliphatic carbocycles. The Labute approximate surface area is 122 Å². The number of halogens is 1. The molecular formula is C15H16ClN3O. The average molecular weight is 290 g/mol.